The van der Waals surface area contributed by atoms with Gasteiger partial charge in [-0.2, -0.15) is 0 Å². The number of nitrogens with zero attached hydrogens (tertiary/aromatic N) is 1. The molecule has 0 saturated carbocycles. The van der Waals surface area contributed by atoms with Crippen LogP contribution in [0.25, 0.3) is 0 Å². The van der Waals surface area contributed by atoms with Crippen LogP contribution in [0.4, 0.5) is 4.79 Å². The summed E-state index contributed by atoms with van der Waals surface area (Å²) >= 11 is 6.04. The molecule has 2 amide bonds. The average molecular weight is 499 g/mol. The number of benzene rings is 2. The quantitative estimate of drug-likeness (QED) is 0.654. The van der Waals surface area contributed by atoms with Crippen LogP contribution in [0.1, 0.15) is 56.0 Å². The van der Waals surface area contributed by atoms with Gasteiger partial charge in [-0.15, -0.1) is 0 Å². The summed E-state index contributed by atoms with van der Waals surface area (Å²) in [5.41, 5.74) is 0.133. The molecule has 0 aromatic heterocycles. The summed E-state index contributed by atoms with van der Waals surface area (Å²) < 4.78 is 11.7. The van der Waals surface area contributed by atoms with E-state index in [1.54, 1.807) is 43.9 Å². The number of ketones is 1. The van der Waals surface area contributed by atoms with Gasteiger partial charge in [-0.3, -0.25) is 9.59 Å². The van der Waals surface area contributed by atoms with Crippen molar-refractivity contribution in [3.8, 4) is 5.75 Å². The highest BCUT2D eigenvalue weighted by atomic mass is 35.5. The first-order valence-electron chi connectivity index (χ1n) is 11.9. The molecule has 4 rings (SSSR count). The molecule has 186 valence electrons. The van der Waals surface area contributed by atoms with E-state index in [1.807, 2.05) is 30.3 Å². The fourth-order valence-electron chi connectivity index (χ4n) is 4.60. The number of carbonyl (C=O) groups is 3. The maximum Gasteiger partial charge on any atom is 0.408 e. The van der Waals surface area contributed by atoms with Gasteiger partial charge in [0.1, 0.15) is 23.0 Å². The van der Waals surface area contributed by atoms with E-state index in [1.165, 1.54) is 0 Å². The molecule has 8 heteroatoms. The van der Waals surface area contributed by atoms with Gasteiger partial charge in [0.25, 0.3) is 0 Å². The fraction of sp³-hybridized carbons (Fsp3) is 0.444. The number of halogens is 1. The lowest BCUT2D eigenvalue weighted by molar-refractivity contribution is -0.137. The van der Waals surface area contributed by atoms with Crippen molar-refractivity contribution in [2.24, 2.45) is 0 Å². The first-order chi connectivity index (χ1) is 16.5. The van der Waals surface area contributed by atoms with Gasteiger partial charge < -0.3 is 19.7 Å². The Balaban J connectivity index is 1.45. The van der Waals surface area contributed by atoms with Crippen molar-refractivity contribution in [1.29, 1.82) is 0 Å². The third kappa shape index (κ3) is 6.14. The van der Waals surface area contributed by atoms with Crippen LogP contribution < -0.4 is 10.1 Å². The molecule has 1 atom stereocenters. The van der Waals surface area contributed by atoms with Gasteiger partial charge >= 0.3 is 6.09 Å². The van der Waals surface area contributed by atoms with E-state index in [0.717, 1.165) is 5.56 Å². The van der Waals surface area contributed by atoms with Crippen LogP contribution >= 0.6 is 11.6 Å². The second-order valence-corrected chi connectivity index (χ2v) is 10.7. The third-order valence-corrected chi connectivity index (χ3v) is 6.54. The van der Waals surface area contributed by atoms with Gasteiger partial charge in [0.15, 0.2) is 5.78 Å². The molecule has 0 aliphatic carbocycles. The molecule has 2 aliphatic rings. The van der Waals surface area contributed by atoms with Crippen LogP contribution in [-0.2, 0) is 16.0 Å². The van der Waals surface area contributed by atoms with Crippen LogP contribution in [0.5, 0.6) is 5.75 Å². The number of amides is 2. The van der Waals surface area contributed by atoms with E-state index in [4.69, 9.17) is 21.1 Å². The number of nitrogens with one attached hydrogen (secondary N) is 1. The van der Waals surface area contributed by atoms with Crippen LogP contribution in [0.15, 0.2) is 48.5 Å². The van der Waals surface area contributed by atoms with E-state index in [2.05, 4.69) is 5.32 Å². The highest BCUT2D eigenvalue weighted by Crippen LogP contribution is 2.40. The van der Waals surface area contributed by atoms with Gasteiger partial charge in [0, 0.05) is 37.4 Å². The van der Waals surface area contributed by atoms with Gasteiger partial charge in [0.2, 0.25) is 5.91 Å². The molecular formula is C27H31ClN2O5. The molecule has 2 aliphatic heterocycles. The molecular weight excluding hydrogens is 468 g/mol. The zero-order chi connectivity index (χ0) is 25.2. The molecule has 0 bridgehead atoms. The van der Waals surface area contributed by atoms with Gasteiger partial charge in [-0.1, -0.05) is 41.9 Å². The Morgan fingerprint density at radius 3 is 2.49 bits per heavy atom. The summed E-state index contributed by atoms with van der Waals surface area (Å²) in [5, 5.41) is 3.26. The Hall–Kier alpha value is -3.06. The summed E-state index contributed by atoms with van der Waals surface area (Å²) in [5.74, 6) is 0.366. The largest absolute Gasteiger partial charge is 0.486 e. The SMILES string of the molecule is CC(C)(C)OC(=O)NC(Cc1ccccc1)C(=O)N1CCC2(CC1)CC(=O)c1cc(Cl)ccc1O2. The first kappa shape index (κ1) is 25.0. The van der Waals surface area contributed by atoms with Gasteiger partial charge in [-0.05, 0) is 44.5 Å². The number of carbonyl (C=O) groups excluding carboxylic acids is 3. The molecule has 0 radical (unpaired) electrons. The number of hydrogen-bond acceptors (Lipinski definition) is 5. The Bertz CT molecular complexity index is 1100. The third-order valence-electron chi connectivity index (χ3n) is 6.31. The lowest BCUT2D eigenvalue weighted by atomic mass is 9.82. The summed E-state index contributed by atoms with van der Waals surface area (Å²) in [7, 11) is 0. The minimum Gasteiger partial charge on any atom is -0.486 e. The van der Waals surface area contributed by atoms with E-state index in [-0.39, 0.29) is 18.1 Å². The summed E-state index contributed by atoms with van der Waals surface area (Å²) in [6.07, 6.45) is 1.03. The van der Waals surface area contributed by atoms with Crippen molar-refractivity contribution in [1.82, 2.24) is 10.2 Å². The van der Waals surface area contributed by atoms with Crippen LogP contribution in [0.2, 0.25) is 5.02 Å². The number of fused-ring (bicyclic) bond motifs is 1. The minimum absolute atomic E-state index is 0.00192. The van der Waals surface area contributed by atoms with Crippen molar-refractivity contribution in [2.75, 3.05) is 13.1 Å². The standard InChI is InChI=1S/C27H31ClN2O5/c1-26(2,3)35-25(33)29-21(15-18-7-5-4-6-8-18)24(32)30-13-11-27(12-14-30)17-22(31)20-16-19(28)9-10-23(20)34-27/h4-10,16,21H,11-15,17H2,1-3H3,(H,29,33). The smallest absolute Gasteiger partial charge is 0.408 e. The Labute approximate surface area is 210 Å². The number of ether oxygens (including phenoxy) is 2. The van der Waals surface area contributed by atoms with Gasteiger partial charge in [0.05, 0.1) is 12.0 Å². The summed E-state index contributed by atoms with van der Waals surface area (Å²) in [6, 6.07) is 13.9. The van der Waals surface area contributed by atoms with E-state index < -0.39 is 23.3 Å². The number of rotatable bonds is 4. The fourth-order valence-corrected chi connectivity index (χ4v) is 4.77. The van der Waals surface area contributed by atoms with Crippen molar-refractivity contribution in [3.05, 3.63) is 64.7 Å². The lowest BCUT2D eigenvalue weighted by Gasteiger charge is -2.44. The highest BCUT2D eigenvalue weighted by molar-refractivity contribution is 6.31. The van der Waals surface area contributed by atoms with Gasteiger partial charge in [-0.25, -0.2) is 4.79 Å². The number of likely N-dealkylation sites (tertiary alicyclic amines) is 1. The molecule has 1 N–H and O–H groups in total. The normalized spacial score (nSPS) is 17.8. The number of hydrogen-bond donors (Lipinski definition) is 1. The first-order valence-corrected chi connectivity index (χ1v) is 12.3. The zero-order valence-electron chi connectivity index (χ0n) is 20.3. The maximum atomic E-state index is 13.5. The molecule has 2 aromatic carbocycles. The van der Waals surface area contributed by atoms with Crippen LogP contribution in [-0.4, -0.2) is 53.0 Å². The predicted molar refractivity (Wildman–Crippen MR) is 133 cm³/mol. The lowest BCUT2D eigenvalue weighted by Crippen LogP contribution is -2.56. The number of alkyl carbamates (subject to hydrolysis) is 1. The molecule has 2 aromatic rings. The molecule has 2 heterocycles. The molecule has 35 heavy (non-hydrogen) atoms. The second kappa shape index (κ2) is 9.90. The zero-order valence-corrected chi connectivity index (χ0v) is 21.1. The number of piperidine rings is 1. The monoisotopic (exact) mass is 498 g/mol. The van der Waals surface area contributed by atoms with Crippen LogP contribution in [0.3, 0.4) is 0 Å². The predicted octanol–water partition coefficient (Wildman–Crippen LogP) is 4.80. The van der Waals surface area contributed by atoms with Crippen molar-refractivity contribution >= 4 is 29.4 Å². The Morgan fingerprint density at radius 1 is 1.14 bits per heavy atom. The molecule has 1 unspecified atom stereocenters. The molecule has 1 spiro atoms. The van der Waals surface area contributed by atoms with Crippen LogP contribution in [0, 0.1) is 0 Å². The summed E-state index contributed by atoms with van der Waals surface area (Å²) in [6.45, 7) is 6.19. The Morgan fingerprint density at radius 2 is 1.83 bits per heavy atom. The van der Waals surface area contributed by atoms with Crippen molar-refractivity contribution in [3.63, 3.8) is 0 Å². The van der Waals surface area contributed by atoms with Crippen molar-refractivity contribution in [2.45, 2.75) is 63.7 Å². The highest BCUT2D eigenvalue weighted by Gasteiger charge is 2.44. The van der Waals surface area contributed by atoms with Crippen molar-refractivity contribution < 1.29 is 23.9 Å². The summed E-state index contributed by atoms with van der Waals surface area (Å²) in [4.78, 5) is 40.5. The average Bonchev–Trinajstić information content (AvgIpc) is 2.79. The Kier molecular flexibility index (Phi) is 7.08. The molecule has 1 fully saturated rings. The minimum atomic E-state index is -0.766. The topological polar surface area (TPSA) is 84.9 Å². The van der Waals surface area contributed by atoms with E-state index >= 15 is 0 Å². The molecule has 1 saturated heterocycles. The number of Topliss-reactive ketones (excluding diaryl/α,β-unsaturated/α-hetero) is 1. The molecule has 7 nitrogen and oxygen atoms in total. The second-order valence-electron chi connectivity index (χ2n) is 10.2. The maximum absolute atomic E-state index is 13.5. The van der Waals surface area contributed by atoms with E-state index in [9.17, 15) is 14.4 Å². The van der Waals surface area contributed by atoms with E-state index in [0.29, 0.717) is 48.7 Å².